The van der Waals surface area contributed by atoms with Crippen LogP contribution in [0.5, 0.6) is 0 Å². The average molecular weight is 257 g/mol. The number of hydrogen-bond donors (Lipinski definition) is 0. The Morgan fingerprint density at radius 2 is 2.28 bits per heavy atom. The van der Waals surface area contributed by atoms with E-state index in [4.69, 9.17) is 19.0 Å². The summed E-state index contributed by atoms with van der Waals surface area (Å²) >= 11 is 0. The first-order chi connectivity index (χ1) is 8.42. The fraction of sp³-hybridized carbons (Fsp3) is 0.833. The van der Waals surface area contributed by atoms with Crippen molar-refractivity contribution in [2.75, 3.05) is 20.3 Å². The highest BCUT2D eigenvalue weighted by atomic mass is 16.6. The second kappa shape index (κ2) is 4.51. The highest BCUT2D eigenvalue weighted by Gasteiger charge is 2.62. The van der Waals surface area contributed by atoms with Gasteiger partial charge in [0.2, 0.25) is 0 Å². The smallest absolute Gasteiger partial charge is 0.302 e. The summed E-state index contributed by atoms with van der Waals surface area (Å²) in [5.74, 6) is -0.330. The van der Waals surface area contributed by atoms with Crippen LogP contribution in [0.15, 0.2) is 5.16 Å². The van der Waals surface area contributed by atoms with Crippen molar-refractivity contribution in [3.05, 3.63) is 0 Å². The van der Waals surface area contributed by atoms with Crippen LogP contribution in [0, 0.1) is 5.92 Å². The number of methoxy groups -OCH3 is 1. The summed E-state index contributed by atoms with van der Waals surface area (Å²) in [7, 11) is 1.61. The first-order valence-corrected chi connectivity index (χ1v) is 5.95. The van der Waals surface area contributed by atoms with Gasteiger partial charge in [-0.05, 0) is 13.8 Å². The molecule has 0 spiro atoms. The molecule has 0 N–H and O–H groups in total. The molecule has 0 unspecified atom stereocenters. The van der Waals surface area contributed by atoms with Gasteiger partial charge >= 0.3 is 5.97 Å². The zero-order chi connectivity index (χ0) is 13.4. The van der Waals surface area contributed by atoms with E-state index >= 15 is 0 Å². The predicted octanol–water partition coefficient (Wildman–Crippen LogP) is 0.744. The highest BCUT2D eigenvalue weighted by Crippen LogP contribution is 2.46. The molecular weight excluding hydrogens is 238 g/mol. The molecule has 0 bridgehead atoms. The van der Waals surface area contributed by atoms with E-state index in [1.54, 1.807) is 13.3 Å². The van der Waals surface area contributed by atoms with Crippen LogP contribution < -0.4 is 0 Å². The standard InChI is InChI=1S/C12H19NO5/c1-8(14)16-6-10-12(15-4)7-13-17-5-9(12)11(2,3)18-10/h7,9-10H,5-6H2,1-4H3/t9-,10-,12+/m1/s1. The lowest BCUT2D eigenvalue weighted by Crippen LogP contribution is -2.54. The summed E-state index contributed by atoms with van der Waals surface area (Å²) in [6, 6.07) is 0. The Morgan fingerprint density at radius 1 is 1.56 bits per heavy atom. The van der Waals surface area contributed by atoms with Gasteiger partial charge in [-0.3, -0.25) is 4.79 Å². The molecule has 0 radical (unpaired) electrons. The zero-order valence-corrected chi connectivity index (χ0v) is 11.1. The van der Waals surface area contributed by atoms with Crippen molar-refractivity contribution in [2.45, 2.75) is 38.1 Å². The topological polar surface area (TPSA) is 66.3 Å². The maximum atomic E-state index is 10.9. The van der Waals surface area contributed by atoms with Crippen LogP contribution in [-0.4, -0.2) is 49.8 Å². The number of oxime groups is 1. The molecule has 18 heavy (non-hydrogen) atoms. The quantitative estimate of drug-likeness (QED) is 0.698. The van der Waals surface area contributed by atoms with E-state index in [2.05, 4.69) is 5.16 Å². The van der Waals surface area contributed by atoms with Crippen LogP contribution in [0.2, 0.25) is 0 Å². The Kier molecular flexibility index (Phi) is 3.33. The van der Waals surface area contributed by atoms with Crippen molar-refractivity contribution in [3.8, 4) is 0 Å². The van der Waals surface area contributed by atoms with E-state index in [9.17, 15) is 4.79 Å². The van der Waals surface area contributed by atoms with Gasteiger partial charge in [0.05, 0.1) is 17.7 Å². The molecule has 0 amide bonds. The van der Waals surface area contributed by atoms with Crippen LogP contribution in [0.3, 0.4) is 0 Å². The van der Waals surface area contributed by atoms with Crippen LogP contribution in [0.4, 0.5) is 0 Å². The molecule has 3 atom stereocenters. The minimum atomic E-state index is -0.697. The minimum absolute atomic E-state index is 0.00746. The van der Waals surface area contributed by atoms with E-state index in [0.717, 1.165) is 0 Å². The van der Waals surface area contributed by atoms with Crippen molar-refractivity contribution >= 4 is 12.2 Å². The summed E-state index contributed by atoms with van der Waals surface area (Å²) in [5.41, 5.74) is -1.12. The number of carbonyl (C=O) groups is 1. The lowest BCUT2D eigenvalue weighted by Gasteiger charge is -2.36. The van der Waals surface area contributed by atoms with Crippen molar-refractivity contribution in [1.29, 1.82) is 0 Å². The Hall–Kier alpha value is -1.14. The summed E-state index contributed by atoms with van der Waals surface area (Å²) in [6.45, 7) is 5.89. The Labute approximate surface area is 106 Å². The molecule has 0 aromatic rings. The number of hydrogen-bond acceptors (Lipinski definition) is 6. The summed E-state index contributed by atoms with van der Waals surface area (Å²) < 4.78 is 16.7. The van der Waals surface area contributed by atoms with Crippen LogP contribution >= 0.6 is 0 Å². The molecule has 0 saturated carbocycles. The van der Waals surface area contributed by atoms with Gasteiger partial charge in [0.1, 0.15) is 24.9 Å². The summed E-state index contributed by atoms with van der Waals surface area (Å²) in [6.07, 6.45) is 1.24. The number of esters is 1. The monoisotopic (exact) mass is 257 g/mol. The SMILES string of the molecule is CO[C@@]12C=NOC[C@@H]1C(C)(C)O[C@@H]2COC(C)=O. The fourth-order valence-electron chi connectivity index (χ4n) is 2.73. The molecule has 0 aromatic heterocycles. The van der Waals surface area contributed by atoms with E-state index in [-0.39, 0.29) is 24.6 Å². The van der Waals surface area contributed by atoms with Crippen LogP contribution in [-0.2, 0) is 23.8 Å². The molecule has 0 aromatic carbocycles. The van der Waals surface area contributed by atoms with E-state index in [1.165, 1.54) is 6.92 Å². The second-order valence-electron chi connectivity index (χ2n) is 5.15. The number of rotatable bonds is 3. The molecule has 1 fully saturated rings. The highest BCUT2D eigenvalue weighted by molar-refractivity contribution is 5.72. The van der Waals surface area contributed by atoms with Gasteiger partial charge in [0.25, 0.3) is 0 Å². The van der Waals surface area contributed by atoms with Crippen molar-refractivity contribution in [2.24, 2.45) is 11.1 Å². The molecular formula is C12H19NO5. The molecule has 102 valence electrons. The molecule has 2 heterocycles. The van der Waals surface area contributed by atoms with Crippen LogP contribution in [0.1, 0.15) is 20.8 Å². The first kappa shape index (κ1) is 13.3. The van der Waals surface area contributed by atoms with Crippen molar-refractivity contribution < 1.29 is 23.8 Å². The first-order valence-electron chi connectivity index (χ1n) is 5.95. The molecule has 6 heteroatoms. The fourth-order valence-corrected chi connectivity index (χ4v) is 2.73. The molecule has 1 saturated heterocycles. The van der Waals surface area contributed by atoms with Gasteiger partial charge in [-0.2, -0.15) is 0 Å². The van der Waals surface area contributed by atoms with E-state index < -0.39 is 11.2 Å². The predicted molar refractivity (Wildman–Crippen MR) is 63.3 cm³/mol. The number of fused-ring (bicyclic) bond motifs is 1. The third kappa shape index (κ3) is 1.99. The maximum Gasteiger partial charge on any atom is 0.302 e. The Bertz CT molecular complexity index is 367. The van der Waals surface area contributed by atoms with Gasteiger partial charge in [-0.25, -0.2) is 0 Å². The minimum Gasteiger partial charge on any atom is -0.463 e. The van der Waals surface area contributed by atoms with E-state index in [1.807, 2.05) is 13.8 Å². The summed E-state index contributed by atoms with van der Waals surface area (Å²) in [4.78, 5) is 16.1. The largest absolute Gasteiger partial charge is 0.463 e. The Morgan fingerprint density at radius 3 is 2.89 bits per heavy atom. The van der Waals surface area contributed by atoms with Gasteiger partial charge in [-0.15, -0.1) is 0 Å². The number of carbonyl (C=O) groups excluding carboxylic acids is 1. The van der Waals surface area contributed by atoms with Crippen molar-refractivity contribution in [3.63, 3.8) is 0 Å². The van der Waals surface area contributed by atoms with Gasteiger partial charge in [0, 0.05) is 14.0 Å². The molecule has 0 aliphatic carbocycles. The second-order valence-corrected chi connectivity index (χ2v) is 5.15. The molecule has 6 nitrogen and oxygen atoms in total. The molecule has 2 aliphatic heterocycles. The number of nitrogens with zero attached hydrogens (tertiary/aromatic N) is 1. The Balaban J connectivity index is 2.26. The molecule has 2 rings (SSSR count). The number of ether oxygens (including phenoxy) is 3. The van der Waals surface area contributed by atoms with Crippen molar-refractivity contribution in [1.82, 2.24) is 0 Å². The van der Waals surface area contributed by atoms with Gasteiger partial charge in [-0.1, -0.05) is 5.16 Å². The lowest BCUT2D eigenvalue weighted by molar-refractivity contribution is -0.150. The van der Waals surface area contributed by atoms with E-state index in [0.29, 0.717) is 6.61 Å². The average Bonchev–Trinajstić information content (AvgIpc) is 2.56. The zero-order valence-electron chi connectivity index (χ0n) is 11.1. The normalized spacial score (nSPS) is 36.9. The van der Waals surface area contributed by atoms with Gasteiger partial charge < -0.3 is 19.0 Å². The maximum absolute atomic E-state index is 10.9. The summed E-state index contributed by atoms with van der Waals surface area (Å²) in [5, 5.41) is 3.84. The third-order valence-electron chi connectivity index (χ3n) is 3.69. The van der Waals surface area contributed by atoms with Gasteiger partial charge in [0.15, 0.2) is 0 Å². The van der Waals surface area contributed by atoms with Crippen LogP contribution in [0.25, 0.3) is 0 Å². The lowest BCUT2D eigenvalue weighted by atomic mass is 9.78. The third-order valence-corrected chi connectivity index (χ3v) is 3.69. The molecule has 2 aliphatic rings.